The van der Waals surface area contributed by atoms with Gasteiger partial charge in [-0.25, -0.2) is 0 Å². The summed E-state index contributed by atoms with van der Waals surface area (Å²) in [7, 11) is 0. The summed E-state index contributed by atoms with van der Waals surface area (Å²) in [5, 5.41) is 4.21. The van der Waals surface area contributed by atoms with E-state index in [1.54, 1.807) is 0 Å². The number of hydrogen-bond acceptors (Lipinski definition) is 1. The zero-order chi connectivity index (χ0) is 9.80. The molecule has 0 unspecified atom stereocenters. The Hall–Kier alpha value is -0.950. The van der Waals surface area contributed by atoms with Gasteiger partial charge in [-0.05, 0) is 43.0 Å². The van der Waals surface area contributed by atoms with Crippen molar-refractivity contribution in [2.45, 2.75) is 19.3 Å². The van der Waals surface area contributed by atoms with Crippen LogP contribution in [-0.2, 0) is 0 Å². The molecule has 1 nitrogen and oxygen atoms in total. The lowest BCUT2D eigenvalue weighted by molar-refractivity contribution is 0.592. The fourth-order valence-electron chi connectivity index (χ4n) is 1.66. The molecule has 0 aliphatic carbocycles. The lowest BCUT2D eigenvalue weighted by Crippen LogP contribution is -2.19. The van der Waals surface area contributed by atoms with Gasteiger partial charge < -0.3 is 5.32 Å². The molecule has 1 heterocycles. The van der Waals surface area contributed by atoms with Crippen LogP contribution in [0.1, 0.15) is 24.8 Å². The molecular weight excluding hydrogens is 194 g/mol. The van der Waals surface area contributed by atoms with Crippen molar-refractivity contribution in [3.05, 3.63) is 40.5 Å². The first-order valence-electron chi connectivity index (χ1n) is 5.04. The van der Waals surface area contributed by atoms with Gasteiger partial charge in [0, 0.05) is 17.3 Å². The molecule has 1 aromatic rings. The second-order valence-corrected chi connectivity index (χ2v) is 4.04. The van der Waals surface area contributed by atoms with Gasteiger partial charge in [-0.15, -0.1) is 0 Å². The second kappa shape index (κ2) is 4.52. The summed E-state index contributed by atoms with van der Waals surface area (Å²) in [4.78, 5) is 0. The van der Waals surface area contributed by atoms with Gasteiger partial charge in [-0.1, -0.05) is 23.7 Å². The van der Waals surface area contributed by atoms with Gasteiger partial charge in [0.1, 0.15) is 0 Å². The van der Waals surface area contributed by atoms with E-state index in [0.29, 0.717) is 0 Å². The molecule has 1 N–H and O–H groups in total. The van der Waals surface area contributed by atoms with Crippen LogP contribution in [0.15, 0.2) is 30.0 Å². The van der Waals surface area contributed by atoms with E-state index < -0.39 is 0 Å². The van der Waals surface area contributed by atoms with Gasteiger partial charge >= 0.3 is 0 Å². The lowest BCUT2D eigenvalue weighted by atomic mass is 10.1. The molecule has 0 spiro atoms. The maximum absolute atomic E-state index is 5.82. The van der Waals surface area contributed by atoms with Crippen molar-refractivity contribution in [2.75, 3.05) is 6.54 Å². The number of halogens is 1. The zero-order valence-electron chi connectivity index (χ0n) is 8.09. The van der Waals surface area contributed by atoms with E-state index in [4.69, 9.17) is 11.6 Å². The average molecular weight is 208 g/mol. The molecule has 2 heteroatoms. The maximum atomic E-state index is 5.82. The Balaban J connectivity index is 2.11. The Morgan fingerprint density at radius 1 is 1.14 bits per heavy atom. The molecule has 0 aromatic heterocycles. The summed E-state index contributed by atoms with van der Waals surface area (Å²) in [6.07, 6.45) is 5.96. The quantitative estimate of drug-likeness (QED) is 0.744. The number of rotatable bonds is 1. The minimum absolute atomic E-state index is 0.795. The fraction of sp³-hybridized carbons (Fsp3) is 0.333. The molecule has 74 valence electrons. The molecule has 0 radical (unpaired) electrons. The minimum atomic E-state index is 0.795. The summed E-state index contributed by atoms with van der Waals surface area (Å²) in [6, 6.07) is 7.95. The number of nitrogens with one attached hydrogen (secondary N) is 1. The summed E-state index contributed by atoms with van der Waals surface area (Å²) >= 11 is 5.82. The van der Waals surface area contributed by atoms with Crippen molar-refractivity contribution >= 4 is 17.7 Å². The van der Waals surface area contributed by atoms with Gasteiger partial charge in [-0.3, -0.25) is 0 Å². The first-order valence-corrected chi connectivity index (χ1v) is 5.42. The minimum Gasteiger partial charge on any atom is -0.388 e. The normalized spacial score (nSPS) is 19.4. The van der Waals surface area contributed by atoms with E-state index in [1.807, 2.05) is 24.3 Å². The third-order valence-electron chi connectivity index (χ3n) is 2.44. The van der Waals surface area contributed by atoms with E-state index in [0.717, 1.165) is 11.6 Å². The van der Waals surface area contributed by atoms with Crippen LogP contribution in [-0.4, -0.2) is 6.54 Å². The van der Waals surface area contributed by atoms with Crippen LogP contribution in [0.3, 0.4) is 0 Å². The first-order chi connectivity index (χ1) is 6.84. The molecule has 1 saturated heterocycles. The Bertz CT molecular complexity index is 319. The van der Waals surface area contributed by atoms with Gasteiger partial charge in [0.05, 0.1) is 0 Å². The molecule has 2 rings (SSSR count). The number of piperidine rings is 1. The molecule has 1 aliphatic heterocycles. The largest absolute Gasteiger partial charge is 0.388 e. The van der Waals surface area contributed by atoms with Crippen molar-refractivity contribution in [2.24, 2.45) is 0 Å². The molecule has 0 saturated carbocycles. The van der Waals surface area contributed by atoms with E-state index in [9.17, 15) is 0 Å². The second-order valence-electron chi connectivity index (χ2n) is 3.61. The van der Waals surface area contributed by atoms with Crippen molar-refractivity contribution in [3.8, 4) is 0 Å². The van der Waals surface area contributed by atoms with Crippen molar-refractivity contribution in [3.63, 3.8) is 0 Å². The van der Waals surface area contributed by atoms with E-state index in [2.05, 4.69) is 11.4 Å². The molecule has 0 atom stereocenters. The summed E-state index contributed by atoms with van der Waals surface area (Å²) in [6.45, 7) is 1.11. The highest BCUT2D eigenvalue weighted by Gasteiger charge is 2.03. The predicted molar refractivity (Wildman–Crippen MR) is 61.3 cm³/mol. The van der Waals surface area contributed by atoms with Crippen molar-refractivity contribution in [1.82, 2.24) is 5.32 Å². The van der Waals surface area contributed by atoms with Gasteiger partial charge in [0.15, 0.2) is 0 Å². The molecule has 1 aromatic carbocycles. The van der Waals surface area contributed by atoms with E-state index >= 15 is 0 Å². The predicted octanol–water partition coefficient (Wildman–Crippen LogP) is 3.45. The number of allylic oxidation sites excluding steroid dienone is 1. The van der Waals surface area contributed by atoms with Crippen LogP contribution in [0, 0.1) is 0 Å². The number of hydrogen-bond donors (Lipinski definition) is 1. The first kappa shape index (κ1) is 9.60. The highest BCUT2D eigenvalue weighted by atomic mass is 35.5. The molecule has 1 aliphatic rings. The van der Waals surface area contributed by atoms with Gasteiger partial charge in [0.25, 0.3) is 0 Å². The topological polar surface area (TPSA) is 12.0 Å². The van der Waals surface area contributed by atoms with Crippen LogP contribution in [0.4, 0.5) is 0 Å². The lowest BCUT2D eigenvalue weighted by Gasteiger charge is -2.16. The molecule has 1 fully saturated rings. The Labute approximate surface area is 89.8 Å². The van der Waals surface area contributed by atoms with Crippen LogP contribution < -0.4 is 5.32 Å². The summed E-state index contributed by atoms with van der Waals surface area (Å²) in [5.41, 5.74) is 2.57. The molecule has 14 heavy (non-hydrogen) atoms. The van der Waals surface area contributed by atoms with E-state index in [-0.39, 0.29) is 0 Å². The summed E-state index contributed by atoms with van der Waals surface area (Å²) in [5.74, 6) is 0. The molecule has 0 amide bonds. The van der Waals surface area contributed by atoms with E-state index in [1.165, 1.54) is 30.5 Å². The maximum Gasteiger partial charge on any atom is 0.0406 e. The Morgan fingerprint density at radius 2 is 1.93 bits per heavy atom. The van der Waals surface area contributed by atoms with Gasteiger partial charge in [0.2, 0.25) is 0 Å². The third kappa shape index (κ3) is 2.52. The summed E-state index contributed by atoms with van der Waals surface area (Å²) < 4.78 is 0. The molecular formula is C12H14ClN. The zero-order valence-corrected chi connectivity index (χ0v) is 8.85. The number of benzene rings is 1. The van der Waals surface area contributed by atoms with Crippen LogP contribution in [0.5, 0.6) is 0 Å². The Morgan fingerprint density at radius 3 is 2.57 bits per heavy atom. The third-order valence-corrected chi connectivity index (χ3v) is 2.69. The highest BCUT2D eigenvalue weighted by molar-refractivity contribution is 6.30. The average Bonchev–Trinajstić information content (AvgIpc) is 2.23. The van der Waals surface area contributed by atoms with Crippen molar-refractivity contribution < 1.29 is 0 Å². The fourth-order valence-corrected chi connectivity index (χ4v) is 1.79. The van der Waals surface area contributed by atoms with Crippen molar-refractivity contribution in [1.29, 1.82) is 0 Å². The smallest absolute Gasteiger partial charge is 0.0406 e. The van der Waals surface area contributed by atoms with Crippen LogP contribution >= 0.6 is 11.6 Å². The highest BCUT2D eigenvalue weighted by Crippen LogP contribution is 2.16. The standard InChI is InChI=1S/C12H14ClN/c13-11-6-4-10(5-7-11)9-12-3-1-2-8-14-12/h4-7,9,14H,1-3,8H2/b12-9-. The molecule has 0 bridgehead atoms. The van der Waals surface area contributed by atoms with Gasteiger partial charge in [-0.2, -0.15) is 0 Å². The van der Waals surface area contributed by atoms with Crippen LogP contribution in [0.2, 0.25) is 5.02 Å². The van der Waals surface area contributed by atoms with Crippen LogP contribution in [0.25, 0.3) is 6.08 Å². The Kier molecular flexibility index (Phi) is 3.10. The monoisotopic (exact) mass is 207 g/mol. The SMILES string of the molecule is Clc1ccc(/C=C2/CCCCN2)cc1.